The van der Waals surface area contributed by atoms with Gasteiger partial charge in [0.25, 0.3) is 0 Å². The zero-order chi connectivity index (χ0) is 44.8. The van der Waals surface area contributed by atoms with Crippen molar-refractivity contribution >= 4 is 92.7 Å². The van der Waals surface area contributed by atoms with Crippen molar-refractivity contribution < 1.29 is 0 Å². The van der Waals surface area contributed by atoms with E-state index in [1.54, 1.807) is 0 Å². The highest BCUT2D eigenvalue weighted by Crippen LogP contribution is 2.35. The lowest BCUT2D eigenvalue weighted by Crippen LogP contribution is -1.99. The van der Waals surface area contributed by atoms with E-state index in [-0.39, 0.29) is 0 Å². The van der Waals surface area contributed by atoms with E-state index in [1.807, 2.05) is 24.3 Å². The van der Waals surface area contributed by atoms with Gasteiger partial charge in [0.2, 0.25) is 0 Å². The normalized spacial score (nSPS) is 12.5. The van der Waals surface area contributed by atoms with Crippen LogP contribution in [-0.2, 0) is 0 Å². The summed E-state index contributed by atoms with van der Waals surface area (Å²) < 4.78 is 0. The summed E-state index contributed by atoms with van der Waals surface area (Å²) in [4.78, 5) is 36.0. The van der Waals surface area contributed by atoms with E-state index in [2.05, 4.69) is 197 Å². The van der Waals surface area contributed by atoms with Crippen molar-refractivity contribution in [2.75, 3.05) is 0 Å². The van der Waals surface area contributed by atoms with Gasteiger partial charge in [-0.15, -0.1) is 0 Å². The molecule has 0 saturated carbocycles. The maximum Gasteiger partial charge on any atom is 0.0816 e. The summed E-state index contributed by atoms with van der Waals surface area (Å²) in [5.41, 5.74) is 20.9. The van der Waals surface area contributed by atoms with Crippen LogP contribution in [0.2, 0.25) is 0 Å². The summed E-state index contributed by atoms with van der Waals surface area (Å²) in [7, 11) is 0. The van der Waals surface area contributed by atoms with Crippen LogP contribution in [0.15, 0.2) is 127 Å². The Kier molecular flexibility index (Phi) is 9.88. The van der Waals surface area contributed by atoms with Crippen LogP contribution in [0.1, 0.15) is 94.8 Å². The Bertz CT molecular complexity index is 3700. The molecule has 12 rings (SSSR count). The summed E-state index contributed by atoms with van der Waals surface area (Å²) in [6.45, 7) is 4.50. The van der Waals surface area contributed by atoms with Gasteiger partial charge in [0.1, 0.15) is 0 Å². The molecule has 320 valence electrons. The van der Waals surface area contributed by atoms with Gasteiger partial charge in [-0.2, -0.15) is 0 Å². The third-order valence-electron chi connectivity index (χ3n) is 12.8. The maximum atomic E-state index is 5.39. The lowest BCUT2D eigenvalue weighted by atomic mass is 9.92. The lowest BCUT2D eigenvalue weighted by Gasteiger charge is -2.14. The van der Waals surface area contributed by atoms with Crippen LogP contribution < -0.4 is 0 Å². The summed E-state index contributed by atoms with van der Waals surface area (Å²) in [5.74, 6) is 7.60. The van der Waals surface area contributed by atoms with Crippen molar-refractivity contribution in [2.24, 2.45) is 0 Å². The fourth-order valence-corrected chi connectivity index (χ4v) is 9.56. The smallest absolute Gasteiger partial charge is 0.0816 e. The molecular formula is C59H44N8. The van der Waals surface area contributed by atoms with Crippen LogP contribution in [-0.4, -0.2) is 39.9 Å². The van der Waals surface area contributed by atoms with Gasteiger partial charge in [-0.25, -0.2) is 19.9 Å². The molecule has 0 atom stereocenters. The van der Waals surface area contributed by atoms with Crippen LogP contribution in [0, 0.1) is 11.8 Å². The van der Waals surface area contributed by atoms with Gasteiger partial charge in [-0.1, -0.05) is 86.4 Å². The average Bonchev–Trinajstić information content (AvgIpc) is 4.19. The largest absolute Gasteiger partial charge is 0.355 e. The van der Waals surface area contributed by atoms with E-state index in [0.29, 0.717) is 11.5 Å². The molecule has 6 aromatic heterocycles. The number of nitrogens with zero attached hydrogens (tertiary/aromatic N) is 4. The number of aromatic nitrogens is 8. The molecule has 0 fully saturated rings. The molecular weight excluding hydrogens is 821 g/mol. The number of H-pyrrole nitrogens is 4. The molecule has 0 spiro atoms. The first kappa shape index (κ1) is 39.8. The molecule has 8 aromatic rings. The number of aromatic amines is 4. The maximum absolute atomic E-state index is 5.39. The number of hydrogen-bond donors (Lipinski definition) is 4. The quantitative estimate of drug-likeness (QED) is 0.129. The molecule has 4 N–H and O–H groups in total. The third kappa shape index (κ3) is 7.52. The Morgan fingerprint density at radius 3 is 1.33 bits per heavy atom. The molecule has 0 amide bonds. The molecule has 8 heteroatoms. The van der Waals surface area contributed by atoms with Crippen molar-refractivity contribution in [3.8, 4) is 34.1 Å². The molecule has 8 nitrogen and oxygen atoms in total. The molecule has 67 heavy (non-hydrogen) atoms. The van der Waals surface area contributed by atoms with Crippen LogP contribution >= 0.6 is 0 Å². The second-order valence-electron chi connectivity index (χ2n) is 17.1. The van der Waals surface area contributed by atoms with Crippen molar-refractivity contribution in [3.05, 3.63) is 190 Å². The highest BCUT2D eigenvalue weighted by atomic mass is 14.8. The van der Waals surface area contributed by atoms with Gasteiger partial charge in [0, 0.05) is 60.8 Å². The molecule has 0 aliphatic carbocycles. The minimum atomic E-state index is 0.297. The minimum Gasteiger partial charge on any atom is -0.355 e. The number of benzene rings is 2. The highest BCUT2D eigenvalue weighted by molar-refractivity contribution is 5.94. The molecule has 0 radical (unpaired) electrons. The summed E-state index contributed by atoms with van der Waals surface area (Å²) in [6.07, 6.45) is 18.5. The van der Waals surface area contributed by atoms with Gasteiger partial charge in [0.05, 0.1) is 56.7 Å². The van der Waals surface area contributed by atoms with Gasteiger partial charge >= 0.3 is 0 Å². The molecule has 4 aliphatic heterocycles. The van der Waals surface area contributed by atoms with Gasteiger partial charge in [-0.3, -0.25) is 0 Å². The second kappa shape index (κ2) is 16.6. The van der Waals surface area contributed by atoms with Crippen LogP contribution in [0.3, 0.4) is 0 Å². The van der Waals surface area contributed by atoms with E-state index in [0.717, 1.165) is 130 Å². The topological polar surface area (TPSA) is 115 Å². The minimum absolute atomic E-state index is 0.297. The lowest BCUT2D eigenvalue weighted by molar-refractivity contribution is 0.642. The predicted molar refractivity (Wildman–Crippen MR) is 278 cm³/mol. The Balaban J connectivity index is 1.17. The van der Waals surface area contributed by atoms with Crippen LogP contribution in [0.25, 0.3) is 115 Å². The van der Waals surface area contributed by atoms with Crippen LogP contribution in [0.5, 0.6) is 0 Å². The molecule has 0 unspecified atom stereocenters. The van der Waals surface area contributed by atoms with Gasteiger partial charge in [-0.05, 0) is 145 Å². The SMILES string of the molecule is CCC(CC)c1c2nc(c(C#Cc3c4nc(c(-c5ccccc5)c5ccc(cc6ccc([nH]6)c(-c6ccccc6)c6nc3C=C6)[nH]5)C=C4)c3nc(cc4ccc(cc5ccc1[nH]5)[nH]4)C=C3)C=C2. The number of fused-ring (bicyclic) bond motifs is 16. The van der Waals surface area contributed by atoms with E-state index in [9.17, 15) is 0 Å². The summed E-state index contributed by atoms with van der Waals surface area (Å²) in [6, 6.07) is 44.1. The Morgan fingerprint density at radius 1 is 0.388 bits per heavy atom. The van der Waals surface area contributed by atoms with E-state index in [1.165, 1.54) is 5.56 Å². The van der Waals surface area contributed by atoms with Gasteiger partial charge in [0.15, 0.2) is 0 Å². The summed E-state index contributed by atoms with van der Waals surface area (Å²) >= 11 is 0. The standard InChI is InChI=1S/C59H44N8/c1-3-36(4-2)57-51-24-18-42(62-51)34-40-16-15-39(60-40)33-41-17-23-47(61-41)45(48-27-30-54(57)65-48)21-22-46-49-28-31-55(66-49)58(37-11-7-5-8-12-37)52-25-19-43(63-52)35-44-20-26-53(64-44)59(38-13-9-6-10-14-38)56-32-29-50(46)67-56/h5-20,23-36,60,62-64H,3-4H2,1-2H3. The first-order chi connectivity index (χ1) is 33.0. The molecule has 16 bridgehead atoms. The average molecular weight is 865 g/mol. The van der Waals surface area contributed by atoms with E-state index >= 15 is 0 Å². The van der Waals surface area contributed by atoms with Crippen molar-refractivity contribution in [3.63, 3.8) is 0 Å². The fraction of sp³-hybridized carbons (Fsp3) is 0.0847. The Hall–Kier alpha value is -8.80. The number of hydrogen-bond acceptors (Lipinski definition) is 4. The molecule has 4 aliphatic rings. The molecule has 2 aromatic carbocycles. The Morgan fingerprint density at radius 2 is 0.791 bits per heavy atom. The predicted octanol–water partition coefficient (Wildman–Crippen LogP) is 14.3. The Labute approximate surface area is 387 Å². The monoisotopic (exact) mass is 864 g/mol. The zero-order valence-electron chi connectivity index (χ0n) is 37.0. The second-order valence-corrected chi connectivity index (χ2v) is 17.1. The number of rotatable bonds is 5. The number of nitrogens with one attached hydrogen (secondary N) is 4. The van der Waals surface area contributed by atoms with Crippen molar-refractivity contribution in [1.82, 2.24) is 39.9 Å². The van der Waals surface area contributed by atoms with Crippen LogP contribution in [0.4, 0.5) is 0 Å². The molecule has 0 saturated heterocycles. The first-order valence-electron chi connectivity index (χ1n) is 22.9. The zero-order valence-corrected chi connectivity index (χ0v) is 37.0. The van der Waals surface area contributed by atoms with Crippen molar-refractivity contribution in [2.45, 2.75) is 32.6 Å². The highest BCUT2D eigenvalue weighted by Gasteiger charge is 2.20. The summed E-state index contributed by atoms with van der Waals surface area (Å²) in [5, 5.41) is 0. The van der Waals surface area contributed by atoms with E-state index < -0.39 is 0 Å². The third-order valence-corrected chi connectivity index (χ3v) is 12.8. The first-order valence-corrected chi connectivity index (χ1v) is 22.9. The van der Waals surface area contributed by atoms with E-state index in [4.69, 9.17) is 19.9 Å². The van der Waals surface area contributed by atoms with Gasteiger partial charge < -0.3 is 19.9 Å². The fourth-order valence-electron chi connectivity index (χ4n) is 9.56. The molecule has 10 heterocycles. The van der Waals surface area contributed by atoms with Crippen molar-refractivity contribution in [1.29, 1.82) is 0 Å².